The highest BCUT2D eigenvalue weighted by atomic mass is 15.3. The average Bonchev–Trinajstić information content (AvgIpc) is 2.87. The minimum absolute atomic E-state index is 0.619. The minimum atomic E-state index is 0.619. The molecule has 1 heterocycles. The summed E-state index contributed by atoms with van der Waals surface area (Å²) in [4.78, 5) is 4.54. The summed E-state index contributed by atoms with van der Waals surface area (Å²) in [6, 6.07) is 0. The van der Waals surface area contributed by atoms with Crippen LogP contribution in [0, 0.1) is 23.7 Å². The van der Waals surface area contributed by atoms with E-state index in [4.69, 9.17) is 0 Å². The Hall–Kier alpha value is -0.900. The van der Waals surface area contributed by atoms with Crippen LogP contribution in [0.4, 0.5) is 0 Å². The summed E-state index contributed by atoms with van der Waals surface area (Å²) >= 11 is 0. The minimum Gasteiger partial charge on any atom is -0.319 e. The molecule has 0 spiro atoms. The van der Waals surface area contributed by atoms with Gasteiger partial charge in [0.25, 0.3) is 0 Å². The number of rotatable bonds is 7. The predicted molar refractivity (Wildman–Crippen MR) is 87.1 cm³/mol. The molecule has 0 amide bonds. The first-order valence-electron chi connectivity index (χ1n) is 8.65. The normalized spacial score (nSPS) is 26.4. The Labute approximate surface area is 129 Å². The van der Waals surface area contributed by atoms with Gasteiger partial charge < -0.3 is 5.32 Å². The molecule has 1 aromatic heterocycles. The van der Waals surface area contributed by atoms with E-state index in [9.17, 15) is 0 Å². The highest BCUT2D eigenvalue weighted by molar-refractivity contribution is 4.92. The molecule has 21 heavy (non-hydrogen) atoms. The van der Waals surface area contributed by atoms with E-state index < -0.39 is 0 Å². The fourth-order valence-electron chi connectivity index (χ4n) is 3.75. The Morgan fingerprint density at radius 1 is 1.33 bits per heavy atom. The number of nitrogens with zero attached hydrogens (tertiary/aromatic N) is 3. The summed E-state index contributed by atoms with van der Waals surface area (Å²) in [5, 5.41) is 7.81. The second-order valence-electron chi connectivity index (χ2n) is 7.12. The topological polar surface area (TPSA) is 42.7 Å². The number of aromatic nitrogens is 3. The lowest BCUT2D eigenvalue weighted by atomic mass is 9.71. The summed E-state index contributed by atoms with van der Waals surface area (Å²) in [5.74, 6) is 4.26. The molecular weight excluding hydrogens is 260 g/mol. The van der Waals surface area contributed by atoms with E-state index >= 15 is 0 Å². The van der Waals surface area contributed by atoms with Crippen molar-refractivity contribution in [2.24, 2.45) is 23.7 Å². The zero-order valence-electron chi connectivity index (χ0n) is 14.2. The van der Waals surface area contributed by atoms with Gasteiger partial charge in [-0.1, -0.05) is 33.6 Å². The maximum Gasteiger partial charge on any atom is 0.138 e. The molecule has 1 fully saturated rings. The van der Waals surface area contributed by atoms with Gasteiger partial charge in [-0.2, -0.15) is 5.10 Å². The molecule has 1 aliphatic carbocycles. The van der Waals surface area contributed by atoms with Crippen molar-refractivity contribution in [1.82, 2.24) is 20.1 Å². The van der Waals surface area contributed by atoms with Crippen molar-refractivity contribution in [2.75, 3.05) is 13.6 Å². The Bertz CT molecular complexity index is 413. The van der Waals surface area contributed by atoms with Gasteiger partial charge in [-0.3, -0.25) is 0 Å². The van der Waals surface area contributed by atoms with Crippen LogP contribution in [0.5, 0.6) is 0 Å². The first-order chi connectivity index (χ1) is 10.1. The van der Waals surface area contributed by atoms with Gasteiger partial charge in [-0.25, -0.2) is 9.67 Å². The lowest BCUT2D eigenvalue weighted by Gasteiger charge is -2.36. The third-order valence-corrected chi connectivity index (χ3v) is 4.97. The van der Waals surface area contributed by atoms with Crippen LogP contribution >= 0.6 is 0 Å². The molecule has 3 unspecified atom stereocenters. The third kappa shape index (κ3) is 4.53. The molecule has 1 N–H and O–H groups in total. The number of nitrogens with one attached hydrogen (secondary N) is 1. The highest BCUT2D eigenvalue weighted by Crippen LogP contribution is 2.36. The second-order valence-corrected chi connectivity index (χ2v) is 7.12. The fraction of sp³-hybridized carbons (Fsp3) is 0.882. The van der Waals surface area contributed by atoms with Gasteiger partial charge in [0.1, 0.15) is 12.2 Å². The SMILES string of the molecule is CCC1CCC(CNC)C(Cc2ncnn2CC(C)C)C1. The van der Waals surface area contributed by atoms with E-state index in [1.165, 1.54) is 31.5 Å². The molecule has 1 aromatic rings. The zero-order valence-corrected chi connectivity index (χ0v) is 14.2. The quantitative estimate of drug-likeness (QED) is 0.839. The van der Waals surface area contributed by atoms with Crippen LogP contribution in [0.15, 0.2) is 6.33 Å². The van der Waals surface area contributed by atoms with Crippen molar-refractivity contribution < 1.29 is 0 Å². The fourth-order valence-corrected chi connectivity index (χ4v) is 3.75. The van der Waals surface area contributed by atoms with Gasteiger partial charge in [0, 0.05) is 13.0 Å². The van der Waals surface area contributed by atoms with Crippen LogP contribution < -0.4 is 5.32 Å². The van der Waals surface area contributed by atoms with Gasteiger partial charge in [0.05, 0.1) is 0 Å². The molecule has 0 bridgehead atoms. The third-order valence-electron chi connectivity index (χ3n) is 4.97. The molecule has 120 valence electrons. The van der Waals surface area contributed by atoms with Crippen molar-refractivity contribution in [3.63, 3.8) is 0 Å². The Kier molecular flexibility index (Phi) is 6.22. The van der Waals surface area contributed by atoms with Crippen molar-refractivity contribution >= 4 is 0 Å². The molecule has 4 nitrogen and oxygen atoms in total. The molecule has 0 radical (unpaired) electrons. The summed E-state index contributed by atoms with van der Waals surface area (Å²) in [6.07, 6.45) is 8.26. The van der Waals surface area contributed by atoms with E-state index in [2.05, 4.69) is 47.9 Å². The van der Waals surface area contributed by atoms with Crippen molar-refractivity contribution in [1.29, 1.82) is 0 Å². The molecule has 1 aliphatic rings. The van der Waals surface area contributed by atoms with Gasteiger partial charge >= 0.3 is 0 Å². The van der Waals surface area contributed by atoms with Gasteiger partial charge in [-0.05, 0) is 50.1 Å². The first-order valence-corrected chi connectivity index (χ1v) is 8.65. The summed E-state index contributed by atoms with van der Waals surface area (Å²) in [6.45, 7) is 8.93. The van der Waals surface area contributed by atoms with E-state index in [0.29, 0.717) is 5.92 Å². The van der Waals surface area contributed by atoms with Crippen LogP contribution in [0.1, 0.15) is 52.3 Å². The van der Waals surface area contributed by atoms with Crippen molar-refractivity contribution in [3.8, 4) is 0 Å². The van der Waals surface area contributed by atoms with Crippen molar-refractivity contribution in [2.45, 2.75) is 59.4 Å². The van der Waals surface area contributed by atoms with Crippen LogP contribution in [0.3, 0.4) is 0 Å². The molecule has 0 aliphatic heterocycles. The van der Waals surface area contributed by atoms with E-state index in [0.717, 1.165) is 37.3 Å². The number of hydrogen-bond acceptors (Lipinski definition) is 3. The molecule has 4 heteroatoms. The van der Waals surface area contributed by atoms with Gasteiger partial charge in [0.15, 0.2) is 0 Å². The van der Waals surface area contributed by atoms with Crippen LogP contribution in [0.2, 0.25) is 0 Å². The maximum absolute atomic E-state index is 4.54. The van der Waals surface area contributed by atoms with Gasteiger partial charge in [0.2, 0.25) is 0 Å². The lowest BCUT2D eigenvalue weighted by Crippen LogP contribution is -2.33. The maximum atomic E-state index is 4.54. The Morgan fingerprint density at radius 3 is 2.81 bits per heavy atom. The number of hydrogen-bond donors (Lipinski definition) is 1. The second kappa shape index (κ2) is 7.92. The van der Waals surface area contributed by atoms with Crippen LogP contribution in [-0.4, -0.2) is 28.4 Å². The van der Waals surface area contributed by atoms with Gasteiger partial charge in [-0.15, -0.1) is 0 Å². The highest BCUT2D eigenvalue weighted by Gasteiger charge is 2.30. The summed E-state index contributed by atoms with van der Waals surface area (Å²) < 4.78 is 2.12. The molecule has 1 saturated carbocycles. The van der Waals surface area contributed by atoms with E-state index in [1.54, 1.807) is 6.33 Å². The molecule has 0 aromatic carbocycles. The molecule has 0 saturated heterocycles. The largest absolute Gasteiger partial charge is 0.319 e. The smallest absolute Gasteiger partial charge is 0.138 e. The van der Waals surface area contributed by atoms with E-state index in [1.807, 2.05) is 0 Å². The molecular formula is C17H32N4. The van der Waals surface area contributed by atoms with Crippen LogP contribution in [0.25, 0.3) is 0 Å². The summed E-state index contributed by atoms with van der Waals surface area (Å²) in [7, 11) is 2.07. The standard InChI is InChI=1S/C17H32N4/c1-5-14-6-7-15(10-18-4)16(8-14)9-17-19-12-20-21(17)11-13(2)3/h12-16,18H,5-11H2,1-4H3. The van der Waals surface area contributed by atoms with Crippen LogP contribution in [-0.2, 0) is 13.0 Å². The molecule has 3 atom stereocenters. The average molecular weight is 292 g/mol. The lowest BCUT2D eigenvalue weighted by molar-refractivity contribution is 0.169. The predicted octanol–water partition coefficient (Wildman–Crippen LogP) is 3.14. The van der Waals surface area contributed by atoms with E-state index in [-0.39, 0.29) is 0 Å². The Morgan fingerprint density at radius 2 is 2.14 bits per heavy atom. The molecule has 2 rings (SSSR count). The summed E-state index contributed by atoms with van der Waals surface area (Å²) in [5.41, 5.74) is 0. The van der Waals surface area contributed by atoms with Crippen molar-refractivity contribution in [3.05, 3.63) is 12.2 Å². The zero-order chi connectivity index (χ0) is 15.2. The monoisotopic (exact) mass is 292 g/mol. The first kappa shape index (κ1) is 16.5. The Balaban J connectivity index is 2.05.